The van der Waals surface area contributed by atoms with Crippen molar-refractivity contribution in [2.24, 2.45) is 0 Å². The van der Waals surface area contributed by atoms with Gasteiger partial charge in [-0.2, -0.15) is 0 Å². The summed E-state index contributed by atoms with van der Waals surface area (Å²) >= 11 is 0. The van der Waals surface area contributed by atoms with E-state index in [0.717, 1.165) is 27.7 Å². The van der Waals surface area contributed by atoms with Gasteiger partial charge in [-0.1, -0.05) is 18.2 Å². The van der Waals surface area contributed by atoms with E-state index < -0.39 is 78.5 Å². The first-order valence-electron chi connectivity index (χ1n) is 14.4. The van der Waals surface area contributed by atoms with Crippen molar-refractivity contribution in [1.82, 2.24) is 0 Å². The van der Waals surface area contributed by atoms with Gasteiger partial charge in [0.25, 0.3) is 5.75 Å². The van der Waals surface area contributed by atoms with Crippen LogP contribution >= 0.6 is 0 Å². The van der Waals surface area contributed by atoms with Crippen LogP contribution in [0.25, 0.3) is 11.0 Å². The van der Waals surface area contributed by atoms with Crippen molar-refractivity contribution in [2.45, 2.75) is 65.3 Å². The summed E-state index contributed by atoms with van der Waals surface area (Å²) in [5.74, 6) is -4.94. The topological polar surface area (TPSA) is 189 Å². The molecule has 1 aliphatic rings. The van der Waals surface area contributed by atoms with Gasteiger partial charge in [-0.3, -0.25) is 19.2 Å². The highest BCUT2D eigenvalue weighted by atomic mass is 16.7. The second kappa shape index (κ2) is 15.2. The molecule has 2 aromatic carbocycles. The van der Waals surface area contributed by atoms with Crippen molar-refractivity contribution in [2.75, 3.05) is 13.2 Å². The maximum absolute atomic E-state index is 13.3. The molecule has 0 bridgehead atoms. The maximum atomic E-state index is 13.3. The van der Waals surface area contributed by atoms with Crippen LogP contribution in [0.15, 0.2) is 57.7 Å². The maximum Gasteiger partial charge on any atom is 0.383 e. The smallest absolute Gasteiger partial charge is 0.383 e. The second-order valence-electron chi connectivity index (χ2n) is 10.1. The molecule has 4 rings (SSSR count). The van der Waals surface area contributed by atoms with Crippen LogP contribution in [0.2, 0.25) is 0 Å². The largest absolute Gasteiger partial charge is 0.494 e. The van der Waals surface area contributed by atoms with E-state index in [9.17, 15) is 28.8 Å². The van der Waals surface area contributed by atoms with Crippen LogP contribution in [0.5, 0.6) is 17.2 Å². The summed E-state index contributed by atoms with van der Waals surface area (Å²) in [6, 6.07) is 12.2. The summed E-state index contributed by atoms with van der Waals surface area (Å²) in [6.45, 7) is 5.86. The first-order chi connectivity index (χ1) is 22.4. The second-order valence-corrected chi connectivity index (χ2v) is 10.1. The minimum atomic E-state index is -1.75. The molecule has 0 radical (unpaired) electrons. The lowest BCUT2D eigenvalue weighted by atomic mass is 9.98. The van der Waals surface area contributed by atoms with Crippen LogP contribution in [-0.4, -0.2) is 73.8 Å². The Morgan fingerprint density at radius 2 is 1.40 bits per heavy atom. The van der Waals surface area contributed by atoms with E-state index >= 15 is 0 Å². The minimum Gasteiger partial charge on any atom is -0.494 e. The SMILES string of the molecule is CCOc1ccc2c(O[C@H]3O[C@H](COC(C)=O)[C@@H](OC(C)=O)[C@H](OC(C)=O)[C@@H]3OC(C)=O)c(OC(=O)c3ccccc3)c(=O)oc2c1. The van der Waals surface area contributed by atoms with E-state index in [-0.39, 0.29) is 22.3 Å². The quantitative estimate of drug-likeness (QED) is 0.166. The van der Waals surface area contributed by atoms with E-state index in [0.29, 0.717) is 12.4 Å². The van der Waals surface area contributed by atoms with Crippen molar-refractivity contribution in [1.29, 1.82) is 0 Å². The number of benzene rings is 2. The number of carbonyl (C=O) groups is 5. The molecule has 15 nitrogen and oxygen atoms in total. The van der Waals surface area contributed by atoms with Crippen LogP contribution in [0.3, 0.4) is 0 Å². The first kappa shape index (κ1) is 34.4. The Bertz CT molecular complexity index is 1700. The monoisotopic (exact) mass is 656 g/mol. The zero-order chi connectivity index (χ0) is 34.2. The molecular formula is C32H32O15. The lowest BCUT2D eigenvalue weighted by Gasteiger charge is -2.44. The molecule has 1 aliphatic heterocycles. The van der Waals surface area contributed by atoms with Gasteiger partial charge in [-0.05, 0) is 31.2 Å². The Morgan fingerprint density at radius 3 is 2.02 bits per heavy atom. The fraction of sp³-hybridized carbons (Fsp3) is 0.375. The predicted molar refractivity (Wildman–Crippen MR) is 158 cm³/mol. The fourth-order valence-electron chi connectivity index (χ4n) is 4.72. The Hall–Kier alpha value is -5.44. The molecule has 1 aromatic heterocycles. The van der Waals surface area contributed by atoms with Gasteiger partial charge in [-0.25, -0.2) is 9.59 Å². The zero-order valence-corrected chi connectivity index (χ0v) is 26.0. The molecule has 15 heteroatoms. The van der Waals surface area contributed by atoms with Crippen LogP contribution in [-0.2, 0) is 42.9 Å². The van der Waals surface area contributed by atoms with Gasteiger partial charge >= 0.3 is 35.5 Å². The predicted octanol–water partition coefficient (Wildman–Crippen LogP) is 2.87. The van der Waals surface area contributed by atoms with Gasteiger partial charge in [0.15, 0.2) is 18.0 Å². The molecule has 0 N–H and O–H groups in total. The molecule has 5 atom stereocenters. The molecule has 0 aliphatic carbocycles. The number of hydrogen-bond donors (Lipinski definition) is 0. The number of hydrogen-bond acceptors (Lipinski definition) is 15. The van der Waals surface area contributed by atoms with Crippen molar-refractivity contribution < 1.29 is 66.3 Å². The Kier molecular flexibility index (Phi) is 11.2. The molecule has 1 saturated heterocycles. The number of ether oxygens (including phenoxy) is 8. The van der Waals surface area contributed by atoms with Crippen molar-refractivity contribution in [3.63, 3.8) is 0 Å². The van der Waals surface area contributed by atoms with E-state index in [2.05, 4.69) is 0 Å². The van der Waals surface area contributed by atoms with Crippen LogP contribution in [0.4, 0.5) is 0 Å². The summed E-state index contributed by atoms with van der Waals surface area (Å²) in [6.07, 6.45) is -7.76. The summed E-state index contributed by atoms with van der Waals surface area (Å²) in [5.41, 5.74) is -1.07. The van der Waals surface area contributed by atoms with Gasteiger partial charge in [-0.15, -0.1) is 0 Å². The van der Waals surface area contributed by atoms with Gasteiger partial charge in [0, 0.05) is 33.8 Å². The normalized spacial score (nSPS) is 20.4. The van der Waals surface area contributed by atoms with Crippen LogP contribution in [0, 0.1) is 0 Å². The number of carbonyl (C=O) groups excluding carboxylic acids is 5. The molecule has 2 heterocycles. The third kappa shape index (κ3) is 8.64. The molecule has 0 amide bonds. The average molecular weight is 657 g/mol. The third-order valence-electron chi connectivity index (χ3n) is 6.49. The molecule has 1 fully saturated rings. The molecule has 250 valence electrons. The first-order valence-corrected chi connectivity index (χ1v) is 14.4. The number of esters is 5. The van der Waals surface area contributed by atoms with E-state index in [1.54, 1.807) is 25.1 Å². The van der Waals surface area contributed by atoms with Crippen LogP contribution < -0.4 is 19.8 Å². The number of rotatable bonds is 11. The highest BCUT2D eigenvalue weighted by molar-refractivity contribution is 5.93. The van der Waals surface area contributed by atoms with E-state index in [4.69, 9.17) is 42.3 Å². The molecule has 0 saturated carbocycles. The molecular weight excluding hydrogens is 624 g/mol. The van der Waals surface area contributed by atoms with Crippen LogP contribution in [0.1, 0.15) is 45.0 Å². The van der Waals surface area contributed by atoms with Crippen molar-refractivity contribution in [3.05, 3.63) is 64.5 Å². The summed E-state index contributed by atoms with van der Waals surface area (Å²) in [7, 11) is 0. The molecule has 47 heavy (non-hydrogen) atoms. The highest BCUT2D eigenvalue weighted by Gasteiger charge is 2.53. The van der Waals surface area contributed by atoms with Crippen molar-refractivity contribution >= 4 is 40.8 Å². The summed E-state index contributed by atoms with van der Waals surface area (Å²) < 4.78 is 50.1. The fourth-order valence-corrected chi connectivity index (χ4v) is 4.72. The van der Waals surface area contributed by atoms with Gasteiger partial charge < -0.3 is 42.3 Å². The minimum absolute atomic E-state index is 0.0407. The Morgan fingerprint density at radius 1 is 0.766 bits per heavy atom. The summed E-state index contributed by atoms with van der Waals surface area (Å²) in [4.78, 5) is 74.7. The lowest BCUT2D eigenvalue weighted by Crippen LogP contribution is -2.63. The van der Waals surface area contributed by atoms with E-state index in [1.165, 1.54) is 30.3 Å². The molecule has 3 aromatic rings. The highest BCUT2D eigenvalue weighted by Crippen LogP contribution is 2.39. The standard InChI is InChI=1S/C32H32O15/c1-6-39-21-12-13-22-23(14-21)44-31(38)28(46-30(37)20-10-8-7-9-11-20)25(22)47-32-29(43-19(5)36)27(42-18(4)35)26(41-17(3)34)24(45-32)15-40-16(2)33/h7-14,24,26-27,29,32H,6,15H2,1-5H3/t24-,26-,27+,29+,32-/m1/s1. The molecule has 0 unspecified atom stereocenters. The molecule has 0 spiro atoms. The van der Waals surface area contributed by atoms with E-state index in [1.807, 2.05) is 0 Å². The summed E-state index contributed by atoms with van der Waals surface area (Å²) in [5, 5.41) is 0.0942. The Balaban J connectivity index is 1.88. The van der Waals surface area contributed by atoms with Gasteiger partial charge in [0.05, 0.1) is 17.6 Å². The number of fused-ring (bicyclic) bond motifs is 1. The van der Waals surface area contributed by atoms with Gasteiger partial charge in [0.2, 0.25) is 12.4 Å². The lowest BCUT2D eigenvalue weighted by molar-refractivity contribution is -0.288. The Labute approximate surface area is 267 Å². The van der Waals surface area contributed by atoms with Crippen molar-refractivity contribution in [3.8, 4) is 17.2 Å². The third-order valence-corrected chi connectivity index (χ3v) is 6.49. The van der Waals surface area contributed by atoms with Gasteiger partial charge in [0.1, 0.15) is 24.0 Å². The zero-order valence-electron chi connectivity index (χ0n) is 26.0. The average Bonchev–Trinajstić information content (AvgIpc) is 3.00.